The van der Waals surface area contributed by atoms with Gasteiger partial charge in [-0.2, -0.15) is 10.2 Å². The zero-order chi connectivity index (χ0) is 34.8. The number of hydrogen-bond acceptors (Lipinski definition) is 13. The van der Waals surface area contributed by atoms with E-state index in [1.807, 2.05) is 60.0 Å². The molecule has 0 bridgehead atoms. The van der Waals surface area contributed by atoms with E-state index >= 15 is 0 Å². The molecule has 0 radical (unpaired) electrons. The molecule has 2 aliphatic heterocycles. The number of H-pyrrole nitrogens is 1. The molecule has 0 saturated carbocycles. The minimum absolute atomic E-state index is 0.134. The molecular formula is C35H36N6O9. The van der Waals surface area contributed by atoms with Crippen molar-refractivity contribution in [3.05, 3.63) is 77.9 Å². The summed E-state index contributed by atoms with van der Waals surface area (Å²) in [6.07, 6.45) is -2.76. The van der Waals surface area contributed by atoms with E-state index in [0.29, 0.717) is 42.6 Å². The minimum Gasteiger partial charge on any atom is -0.465 e. The highest BCUT2D eigenvalue weighted by Crippen LogP contribution is 2.33. The molecular weight excluding hydrogens is 648 g/mol. The number of fused-ring (bicyclic) bond motifs is 2. The zero-order valence-electron chi connectivity index (χ0n) is 27.9. The predicted octanol–water partition coefficient (Wildman–Crippen LogP) is 4.56. The normalized spacial score (nSPS) is 20.1. The van der Waals surface area contributed by atoms with Gasteiger partial charge in [0.25, 0.3) is 11.8 Å². The van der Waals surface area contributed by atoms with Crippen molar-refractivity contribution in [2.75, 3.05) is 26.9 Å². The summed E-state index contributed by atoms with van der Waals surface area (Å²) >= 11 is 0. The van der Waals surface area contributed by atoms with Gasteiger partial charge in [0.05, 0.1) is 43.0 Å². The Balaban J connectivity index is 1.09. The van der Waals surface area contributed by atoms with Gasteiger partial charge in [0.15, 0.2) is 6.10 Å². The Morgan fingerprint density at radius 2 is 1.68 bits per heavy atom. The van der Waals surface area contributed by atoms with Gasteiger partial charge in [-0.15, -0.1) is 10.2 Å². The van der Waals surface area contributed by atoms with Gasteiger partial charge in [-0.3, -0.25) is 4.57 Å². The molecule has 3 aromatic carbocycles. The first kappa shape index (κ1) is 33.1. The largest absolute Gasteiger partial charge is 0.512 e. The number of aromatic nitrogens is 6. The number of rotatable bonds is 11. The molecule has 4 atom stereocenters. The number of carbonyl (C=O) groups excluding carboxylic acids is 2. The Labute approximate surface area is 286 Å². The van der Waals surface area contributed by atoms with Gasteiger partial charge in [0, 0.05) is 26.5 Å². The molecule has 1 N–H and O–H groups in total. The summed E-state index contributed by atoms with van der Waals surface area (Å²) in [5.74, 6) is -1.90. The second-order valence-electron chi connectivity index (χ2n) is 12.2. The first-order chi connectivity index (χ1) is 24.2. The van der Waals surface area contributed by atoms with E-state index in [-0.39, 0.29) is 24.4 Å². The van der Waals surface area contributed by atoms with E-state index in [4.69, 9.17) is 33.2 Å². The Morgan fingerprint density at radius 3 is 2.40 bits per heavy atom. The Bertz CT molecular complexity index is 1980. The monoisotopic (exact) mass is 684 g/mol. The third-order valence-electron chi connectivity index (χ3n) is 8.52. The highest BCUT2D eigenvalue weighted by atomic mass is 16.8. The maximum atomic E-state index is 13.7. The minimum atomic E-state index is -1.68. The fourth-order valence-electron chi connectivity index (χ4n) is 6.27. The van der Waals surface area contributed by atoms with Crippen LogP contribution < -0.4 is 4.74 Å². The number of hydrogen-bond donors (Lipinski definition) is 1. The lowest BCUT2D eigenvalue weighted by atomic mass is 9.98. The first-order valence-corrected chi connectivity index (χ1v) is 16.2. The van der Waals surface area contributed by atoms with Crippen molar-refractivity contribution in [3.8, 4) is 28.5 Å². The number of tetrazole rings is 1. The number of nitrogens with zero attached hydrogens (tertiary/aromatic N) is 5. The molecule has 0 unspecified atom stereocenters. The molecule has 2 fully saturated rings. The van der Waals surface area contributed by atoms with Crippen molar-refractivity contribution in [2.45, 2.75) is 57.5 Å². The van der Waals surface area contributed by atoms with Crippen molar-refractivity contribution < 1.29 is 42.7 Å². The van der Waals surface area contributed by atoms with Crippen LogP contribution in [0.1, 0.15) is 36.7 Å². The van der Waals surface area contributed by atoms with Crippen LogP contribution >= 0.6 is 0 Å². The van der Waals surface area contributed by atoms with Crippen molar-refractivity contribution in [3.63, 3.8) is 0 Å². The van der Waals surface area contributed by atoms with Crippen LogP contribution in [0.2, 0.25) is 0 Å². The summed E-state index contributed by atoms with van der Waals surface area (Å²) in [6, 6.07) is 21.3. The lowest BCUT2D eigenvalue weighted by Crippen LogP contribution is -2.38. The number of aromatic amines is 1. The van der Waals surface area contributed by atoms with E-state index < -0.39 is 30.1 Å². The molecule has 15 heteroatoms. The van der Waals surface area contributed by atoms with Crippen molar-refractivity contribution in [1.82, 2.24) is 30.2 Å². The number of nitrogens with one attached hydrogen (secondary N) is 1. The molecule has 260 valence electrons. The summed E-state index contributed by atoms with van der Waals surface area (Å²) < 4.78 is 41.2. The average molecular weight is 685 g/mol. The van der Waals surface area contributed by atoms with Crippen molar-refractivity contribution >= 4 is 23.2 Å². The van der Waals surface area contributed by atoms with Gasteiger partial charge in [-0.1, -0.05) is 54.6 Å². The fourth-order valence-corrected chi connectivity index (χ4v) is 6.27. The quantitative estimate of drug-likeness (QED) is 0.152. The van der Waals surface area contributed by atoms with Crippen LogP contribution in [0.3, 0.4) is 0 Å². The van der Waals surface area contributed by atoms with E-state index in [0.717, 1.165) is 22.3 Å². The fraction of sp³-hybridized carbons (Fsp3) is 0.371. The lowest BCUT2D eigenvalue weighted by molar-refractivity contribution is -0.162. The Hall–Kier alpha value is -5.38. The topological polar surface area (TPSA) is 171 Å². The van der Waals surface area contributed by atoms with E-state index in [2.05, 4.69) is 25.6 Å². The number of methoxy groups -OCH3 is 1. The number of carbonyl (C=O) groups is 2. The third kappa shape index (κ3) is 6.62. The van der Waals surface area contributed by atoms with E-state index in [1.165, 1.54) is 13.8 Å². The summed E-state index contributed by atoms with van der Waals surface area (Å²) in [5.41, 5.74) is 4.96. The first-order valence-electron chi connectivity index (χ1n) is 16.2. The molecule has 2 aromatic heterocycles. The van der Waals surface area contributed by atoms with Crippen LogP contribution in [0.4, 0.5) is 4.79 Å². The van der Waals surface area contributed by atoms with Crippen molar-refractivity contribution in [1.29, 1.82) is 0 Å². The summed E-state index contributed by atoms with van der Waals surface area (Å²) in [5, 5.41) is 14.5. The SMILES string of the molecule is CCOc1nc2cccc(C(=O)OC(C)(C)OC(=O)O[C@@H]3CO[C@H]4[C@@H]3OC[C@H]4OC)c2n1Cc1ccc(-c2ccccc2-c2nn[nH]n2)cc1. The molecule has 7 rings (SSSR count). The van der Waals surface area contributed by atoms with Gasteiger partial charge in [0.2, 0.25) is 5.82 Å². The molecule has 5 aromatic rings. The van der Waals surface area contributed by atoms with Crippen molar-refractivity contribution in [2.24, 2.45) is 0 Å². The molecule has 2 aliphatic rings. The van der Waals surface area contributed by atoms with Gasteiger partial charge >= 0.3 is 12.1 Å². The molecule has 0 amide bonds. The molecule has 2 saturated heterocycles. The van der Waals surface area contributed by atoms with Gasteiger partial charge in [-0.25, -0.2) is 9.59 Å². The van der Waals surface area contributed by atoms with Crippen LogP contribution in [0, 0.1) is 0 Å². The van der Waals surface area contributed by atoms with E-state index in [1.54, 1.807) is 25.3 Å². The molecule has 0 spiro atoms. The Kier molecular flexibility index (Phi) is 9.18. The van der Waals surface area contributed by atoms with Crippen LogP contribution in [0.5, 0.6) is 6.01 Å². The van der Waals surface area contributed by atoms with Gasteiger partial charge in [0.1, 0.15) is 18.3 Å². The average Bonchev–Trinajstić information content (AvgIpc) is 3.91. The summed E-state index contributed by atoms with van der Waals surface area (Å²) in [7, 11) is 1.57. The molecule has 0 aliphatic carbocycles. The Morgan fingerprint density at radius 1 is 0.940 bits per heavy atom. The second-order valence-corrected chi connectivity index (χ2v) is 12.2. The summed E-state index contributed by atoms with van der Waals surface area (Å²) in [4.78, 5) is 31.2. The number of benzene rings is 3. The number of ether oxygens (including phenoxy) is 7. The predicted molar refractivity (Wildman–Crippen MR) is 176 cm³/mol. The van der Waals surface area contributed by atoms with Gasteiger partial charge in [-0.05, 0) is 41.0 Å². The third-order valence-corrected chi connectivity index (χ3v) is 8.52. The molecule has 15 nitrogen and oxygen atoms in total. The van der Waals surface area contributed by atoms with Gasteiger partial charge < -0.3 is 33.2 Å². The zero-order valence-corrected chi connectivity index (χ0v) is 27.9. The smallest absolute Gasteiger partial charge is 0.465 e. The molecule has 4 heterocycles. The van der Waals surface area contributed by atoms with Crippen LogP contribution in [0.15, 0.2) is 66.7 Å². The summed E-state index contributed by atoms with van der Waals surface area (Å²) in [6.45, 7) is 5.94. The van der Waals surface area contributed by atoms with Crippen LogP contribution in [0.25, 0.3) is 33.5 Å². The molecule has 50 heavy (non-hydrogen) atoms. The standard InChI is InChI=1S/C35H36N6O9/c1-5-45-33-36-25-12-8-11-24(32(42)49-35(2,3)50-34(43)48-27-19-47-29-26(44-4)18-46-30(27)29)28(25)41(33)17-20-13-15-21(16-14-20)22-9-6-7-10-23(22)31-37-39-40-38-31/h6-16,26-27,29-30H,5,17-19H2,1-4H3,(H,37,38,39,40)/t26-,27-,29-,30-/m1/s1. The maximum Gasteiger partial charge on any atom is 0.512 e. The van der Waals surface area contributed by atoms with Crippen LogP contribution in [-0.4, -0.2) is 99.4 Å². The van der Waals surface area contributed by atoms with Crippen LogP contribution in [-0.2, 0) is 35.0 Å². The number of esters is 1. The van der Waals surface area contributed by atoms with E-state index in [9.17, 15) is 9.59 Å². The highest BCUT2D eigenvalue weighted by molar-refractivity contribution is 6.02. The number of imidazole rings is 1. The highest BCUT2D eigenvalue weighted by Gasteiger charge is 2.50. The number of para-hydroxylation sites is 1. The second kappa shape index (κ2) is 13.9. The maximum absolute atomic E-state index is 13.7. The lowest BCUT2D eigenvalue weighted by Gasteiger charge is -2.26.